The summed E-state index contributed by atoms with van der Waals surface area (Å²) in [5.41, 5.74) is 0. The summed E-state index contributed by atoms with van der Waals surface area (Å²) in [5.74, 6) is 2.29. The number of hydrogen-bond acceptors (Lipinski definition) is 3. The Morgan fingerprint density at radius 2 is 2.40 bits per heavy atom. The SMILES string of the molecule is CCCC(C)N(C)C(=O)C1CSCCN1. The Balaban J connectivity index is 2.43. The quantitative estimate of drug-likeness (QED) is 0.791. The number of thioether (sulfide) groups is 1. The molecule has 0 radical (unpaired) electrons. The van der Waals surface area contributed by atoms with Crippen LogP contribution in [0.15, 0.2) is 0 Å². The Morgan fingerprint density at radius 3 is 2.93 bits per heavy atom. The lowest BCUT2D eigenvalue weighted by atomic mass is 10.1. The molecule has 0 aromatic heterocycles. The third-order valence-corrected chi connectivity index (χ3v) is 4.00. The van der Waals surface area contributed by atoms with E-state index in [1.165, 1.54) is 0 Å². The van der Waals surface area contributed by atoms with Crippen LogP contribution in [0.1, 0.15) is 26.7 Å². The van der Waals surface area contributed by atoms with E-state index in [2.05, 4.69) is 19.2 Å². The predicted octanol–water partition coefficient (Wildman–Crippen LogP) is 1.34. The van der Waals surface area contributed by atoms with Crippen molar-refractivity contribution in [1.29, 1.82) is 0 Å². The maximum absolute atomic E-state index is 12.1. The van der Waals surface area contributed by atoms with Crippen molar-refractivity contribution in [2.75, 3.05) is 25.1 Å². The lowest BCUT2D eigenvalue weighted by Crippen LogP contribution is -2.51. The smallest absolute Gasteiger partial charge is 0.240 e. The third kappa shape index (κ3) is 3.68. The molecule has 1 heterocycles. The van der Waals surface area contributed by atoms with Crippen molar-refractivity contribution >= 4 is 17.7 Å². The zero-order chi connectivity index (χ0) is 11.3. The average molecular weight is 230 g/mol. The summed E-state index contributed by atoms with van der Waals surface area (Å²) >= 11 is 1.86. The molecule has 0 aromatic rings. The summed E-state index contributed by atoms with van der Waals surface area (Å²) in [6, 6.07) is 0.393. The standard InChI is InChI=1S/C11H22N2OS/c1-4-5-9(2)13(3)11(14)10-8-15-7-6-12-10/h9-10,12H,4-8H2,1-3H3. The third-order valence-electron chi connectivity index (χ3n) is 2.93. The highest BCUT2D eigenvalue weighted by Crippen LogP contribution is 2.12. The molecule has 4 heteroatoms. The van der Waals surface area contributed by atoms with Gasteiger partial charge < -0.3 is 10.2 Å². The minimum atomic E-state index is 0.0352. The topological polar surface area (TPSA) is 32.3 Å². The van der Waals surface area contributed by atoms with Crippen LogP contribution < -0.4 is 5.32 Å². The lowest BCUT2D eigenvalue weighted by Gasteiger charge is -2.31. The van der Waals surface area contributed by atoms with Gasteiger partial charge in [0.1, 0.15) is 0 Å². The van der Waals surface area contributed by atoms with Gasteiger partial charge in [-0.25, -0.2) is 0 Å². The molecule has 0 spiro atoms. The van der Waals surface area contributed by atoms with E-state index in [9.17, 15) is 4.79 Å². The minimum Gasteiger partial charge on any atom is -0.342 e. The van der Waals surface area contributed by atoms with Crippen molar-refractivity contribution < 1.29 is 4.79 Å². The number of nitrogens with zero attached hydrogens (tertiary/aromatic N) is 1. The van der Waals surface area contributed by atoms with Gasteiger partial charge in [-0.05, 0) is 13.3 Å². The van der Waals surface area contributed by atoms with Crippen molar-refractivity contribution in [3.8, 4) is 0 Å². The number of carbonyl (C=O) groups excluding carboxylic acids is 1. The Hall–Kier alpha value is -0.220. The number of carbonyl (C=O) groups is 1. The fraction of sp³-hybridized carbons (Fsp3) is 0.909. The Labute approximate surface area is 97.0 Å². The largest absolute Gasteiger partial charge is 0.342 e. The van der Waals surface area contributed by atoms with Gasteiger partial charge in [0.2, 0.25) is 5.91 Å². The monoisotopic (exact) mass is 230 g/mol. The van der Waals surface area contributed by atoms with Crippen molar-refractivity contribution in [3.63, 3.8) is 0 Å². The number of hydrogen-bond donors (Lipinski definition) is 1. The van der Waals surface area contributed by atoms with E-state index in [0.717, 1.165) is 30.9 Å². The summed E-state index contributed by atoms with van der Waals surface area (Å²) in [6.45, 7) is 5.23. The number of likely N-dealkylation sites (N-methyl/N-ethyl adjacent to an activating group) is 1. The van der Waals surface area contributed by atoms with E-state index < -0.39 is 0 Å². The average Bonchev–Trinajstić information content (AvgIpc) is 2.28. The molecule has 1 amide bonds. The molecule has 15 heavy (non-hydrogen) atoms. The molecule has 0 aromatic carbocycles. The molecular formula is C11H22N2OS. The highest BCUT2D eigenvalue weighted by Gasteiger charge is 2.25. The molecule has 1 aliphatic rings. The molecule has 1 saturated heterocycles. The van der Waals surface area contributed by atoms with Crippen molar-refractivity contribution in [1.82, 2.24) is 10.2 Å². The zero-order valence-electron chi connectivity index (χ0n) is 9.95. The van der Waals surface area contributed by atoms with Crippen molar-refractivity contribution in [2.24, 2.45) is 0 Å². The van der Waals surface area contributed by atoms with Crippen LogP contribution in [0, 0.1) is 0 Å². The van der Waals surface area contributed by atoms with Crippen LogP contribution in [-0.4, -0.2) is 48.0 Å². The first-order valence-corrected chi connectivity index (χ1v) is 6.90. The van der Waals surface area contributed by atoms with Gasteiger partial charge in [-0.3, -0.25) is 4.79 Å². The molecule has 1 N–H and O–H groups in total. The molecular weight excluding hydrogens is 208 g/mol. The summed E-state index contributed by atoms with van der Waals surface area (Å²) in [5, 5.41) is 3.28. The van der Waals surface area contributed by atoms with Crippen LogP contribution in [0.5, 0.6) is 0 Å². The molecule has 1 aliphatic heterocycles. The molecule has 2 unspecified atom stereocenters. The number of amides is 1. The minimum absolute atomic E-state index is 0.0352. The van der Waals surface area contributed by atoms with Crippen LogP contribution in [-0.2, 0) is 4.79 Å². The van der Waals surface area contributed by atoms with Gasteiger partial charge in [0, 0.05) is 31.1 Å². The Morgan fingerprint density at radius 1 is 1.67 bits per heavy atom. The highest BCUT2D eigenvalue weighted by atomic mass is 32.2. The molecule has 1 fully saturated rings. The van der Waals surface area contributed by atoms with Gasteiger partial charge in [0.15, 0.2) is 0 Å². The normalized spacial score (nSPS) is 23.5. The maximum atomic E-state index is 12.1. The molecule has 88 valence electrons. The van der Waals surface area contributed by atoms with E-state index in [1.807, 2.05) is 23.7 Å². The van der Waals surface area contributed by atoms with Crippen molar-refractivity contribution in [2.45, 2.75) is 38.8 Å². The first kappa shape index (κ1) is 12.8. The zero-order valence-corrected chi connectivity index (χ0v) is 10.8. The van der Waals surface area contributed by atoms with Gasteiger partial charge in [0.05, 0.1) is 6.04 Å². The van der Waals surface area contributed by atoms with E-state index in [1.54, 1.807) is 0 Å². The second-order valence-electron chi connectivity index (χ2n) is 4.17. The van der Waals surface area contributed by atoms with Crippen LogP contribution in [0.4, 0.5) is 0 Å². The van der Waals surface area contributed by atoms with E-state index in [-0.39, 0.29) is 11.9 Å². The maximum Gasteiger partial charge on any atom is 0.240 e. The molecule has 3 nitrogen and oxygen atoms in total. The van der Waals surface area contributed by atoms with Crippen molar-refractivity contribution in [3.05, 3.63) is 0 Å². The Bertz CT molecular complexity index is 205. The summed E-state index contributed by atoms with van der Waals surface area (Å²) in [6.07, 6.45) is 2.22. The van der Waals surface area contributed by atoms with Gasteiger partial charge in [-0.15, -0.1) is 0 Å². The molecule has 0 saturated carbocycles. The van der Waals surface area contributed by atoms with Crippen LogP contribution in [0.2, 0.25) is 0 Å². The van der Waals surface area contributed by atoms with Crippen LogP contribution >= 0.6 is 11.8 Å². The van der Waals surface area contributed by atoms with E-state index in [0.29, 0.717) is 6.04 Å². The molecule has 1 rings (SSSR count). The molecule has 0 bridgehead atoms. The van der Waals surface area contributed by atoms with Crippen LogP contribution in [0.3, 0.4) is 0 Å². The second-order valence-corrected chi connectivity index (χ2v) is 5.32. The summed E-state index contributed by atoms with van der Waals surface area (Å²) < 4.78 is 0. The van der Waals surface area contributed by atoms with E-state index >= 15 is 0 Å². The number of nitrogens with one attached hydrogen (secondary N) is 1. The summed E-state index contributed by atoms with van der Waals surface area (Å²) in [7, 11) is 1.92. The fourth-order valence-electron chi connectivity index (χ4n) is 1.80. The first-order chi connectivity index (χ1) is 7.16. The molecule has 2 atom stereocenters. The predicted molar refractivity (Wildman–Crippen MR) is 66.3 cm³/mol. The Kier molecular flexibility index (Phi) is 5.47. The highest BCUT2D eigenvalue weighted by molar-refractivity contribution is 7.99. The first-order valence-electron chi connectivity index (χ1n) is 5.74. The lowest BCUT2D eigenvalue weighted by molar-refractivity contribution is -0.133. The fourth-order valence-corrected chi connectivity index (χ4v) is 2.72. The molecule has 0 aliphatic carbocycles. The van der Waals surface area contributed by atoms with E-state index in [4.69, 9.17) is 0 Å². The van der Waals surface area contributed by atoms with Gasteiger partial charge in [-0.2, -0.15) is 11.8 Å². The van der Waals surface area contributed by atoms with Gasteiger partial charge in [-0.1, -0.05) is 13.3 Å². The summed E-state index contributed by atoms with van der Waals surface area (Å²) in [4.78, 5) is 14.0. The van der Waals surface area contributed by atoms with Crippen LogP contribution in [0.25, 0.3) is 0 Å². The van der Waals surface area contributed by atoms with Gasteiger partial charge in [0.25, 0.3) is 0 Å². The van der Waals surface area contributed by atoms with Gasteiger partial charge >= 0.3 is 0 Å². The number of rotatable bonds is 4. The second kappa shape index (κ2) is 6.38.